The van der Waals surface area contributed by atoms with Crippen molar-refractivity contribution in [2.75, 3.05) is 12.0 Å². The lowest BCUT2D eigenvalue weighted by molar-refractivity contribution is 0.0912. The number of amides is 1. The van der Waals surface area contributed by atoms with E-state index in [1.54, 1.807) is 36.2 Å². The van der Waals surface area contributed by atoms with Gasteiger partial charge in [0.15, 0.2) is 0 Å². The smallest absolute Gasteiger partial charge is 0.271 e. The molecule has 0 spiro atoms. The highest BCUT2D eigenvalue weighted by molar-refractivity contribution is 5.92. The second-order valence-electron chi connectivity index (χ2n) is 7.64. The van der Waals surface area contributed by atoms with Crippen molar-refractivity contribution in [1.82, 2.24) is 29.7 Å². The molecule has 5 rings (SSSR count). The van der Waals surface area contributed by atoms with Gasteiger partial charge in [0.05, 0.1) is 7.11 Å². The average Bonchev–Trinajstić information content (AvgIpc) is 3.18. The first-order chi connectivity index (χ1) is 14.2. The molecule has 3 atom stereocenters. The highest BCUT2D eigenvalue weighted by Crippen LogP contribution is 2.36. The highest BCUT2D eigenvalue weighted by Gasteiger charge is 2.40. The molecule has 2 saturated heterocycles. The van der Waals surface area contributed by atoms with Gasteiger partial charge in [0, 0.05) is 49.0 Å². The minimum atomic E-state index is -0.148. The third-order valence-electron chi connectivity index (χ3n) is 5.84. The quantitative estimate of drug-likeness (QED) is 0.722. The number of ether oxygens (including phenoxy) is 1. The van der Waals surface area contributed by atoms with Crippen LogP contribution in [0.3, 0.4) is 0 Å². The lowest BCUT2D eigenvalue weighted by atomic mass is 9.82. The summed E-state index contributed by atoms with van der Waals surface area (Å²) in [7, 11) is 1.61. The molecular formula is C20H23N7O2. The molecule has 2 aliphatic rings. The SMILES string of the molecule is COc1ccnc(N2[C@@H]3CCC[C@H]2CC(NC(=O)c2cn4cccnc4n2)C3)n1. The minimum Gasteiger partial charge on any atom is -0.481 e. The van der Waals surface area contributed by atoms with Crippen molar-refractivity contribution in [1.29, 1.82) is 0 Å². The van der Waals surface area contributed by atoms with Gasteiger partial charge in [0.2, 0.25) is 17.6 Å². The summed E-state index contributed by atoms with van der Waals surface area (Å²) in [5, 5.41) is 3.18. The van der Waals surface area contributed by atoms with E-state index in [4.69, 9.17) is 4.74 Å². The van der Waals surface area contributed by atoms with E-state index in [0.29, 0.717) is 29.4 Å². The zero-order chi connectivity index (χ0) is 19.8. The average molecular weight is 393 g/mol. The molecular weight excluding hydrogens is 370 g/mol. The number of nitrogens with zero attached hydrogens (tertiary/aromatic N) is 6. The normalized spacial score (nSPS) is 23.8. The molecule has 3 aromatic heterocycles. The molecule has 3 aromatic rings. The summed E-state index contributed by atoms with van der Waals surface area (Å²) in [4.78, 5) is 32.6. The zero-order valence-corrected chi connectivity index (χ0v) is 16.2. The molecule has 0 saturated carbocycles. The monoisotopic (exact) mass is 393 g/mol. The van der Waals surface area contributed by atoms with E-state index in [9.17, 15) is 4.79 Å². The van der Waals surface area contributed by atoms with Gasteiger partial charge in [0.1, 0.15) is 5.69 Å². The second kappa shape index (κ2) is 7.31. The van der Waals surface area contributed by atoms with Crippen molar-refractivity contribution in [3.05, 3.63) is 42.6 Å². The molecule has 1 unspecified atom stereocenters. The van der Waals surface area contributed by atoms with Crippen LogP contribution < -0.4 is 15.0 Å². The number of rotatable bonds is 4. The van der Waals surface area contributed by atoms with E-state index >= 15 is 0 Å². The fourth-order valence-corrected chi connectivity index (χ4v) is 4.59. The maximum atomic E-state index is 12.8. The van der Waals surface area contributed by atoms with Crippen LogP contribution in [0.1, 0.15) is 42.6 Å². The van der Waals surface area contributed by atoms with Crippen LogP contribution in [0.2, 0.25) is 0 Å². The van der Waals surface area contributed by atoms with Gasteiger partial charge in [-0.05, 0) is 38.2 Å². The van der Waals surface area contributed by atoms with E-state index in [2.05, 4.69) is 30.2 Å². The summed E-state index contributed by atoms with van der Waals surface area (Å²) in [6.45, 7) is 0. The Balaban J connectivity index is 1.32. The van der Waals surface area contributed by atoms with Gasteiger partial charge in [-0.15, -0.1) is 0 Å². The van der Waals surface area contributed by atoms with Crippen LogP contribution in [0.15, 0.2) is 36.9 Å². The summed E-state index contributed by atoms with van der Waals surface area (Å²) in [6.07, 6.45) is 12.0. The molecule has 2 aliphatic heterocycles. The van der Waals surface area contributed by atoms with Crippen LogP contribution in [0, 0.1) is 0 Å². The van der Waals surface area contributed by atoms with Crippen LogP contribution in [0.25, 0.3) is 5.78 Å². The van der Waals surface area contributed by atoms with Crippen LogP contribution in [-0.2, 0) is 0 Å². The fourth-order valence-electron chi connectivity index (χ4n) is 4.59. The molecule has 9 heteroatoms. The van der Waals surface area contributed by atoms with Gasteiger partial charge >= 0.3 is 0 Å². The Morgan fingerprint density at radius 3 is 2.76 bits per heavy atom. The molecule has 1 amide bonds. The van der Waals surface area contributed by atoms with Crippen molar-refractivity contribution in [3.63, 3.8) is 0 Å². The van der Waals surface area contributed by atoms with E-state index < -0.39 is 0 Å². The second-order valence-corrected chi connectivity index (χ2v) is 7.64. The molecule has 0 aliphatic carbocycles. The molecule has 5 heterocycles. The predicted octanol–water partition coefficient (Wildman–Crippen LogP) is 1.85. The molecule has 0 radical (unpaired) electrons. The van der Waals surface area contributed by atoms with Crippen LogP contribution in [0.5, 0.6) is 5.88 Å². The van der Waals surface area contributed by atoms with Crippen LogP contribution in [0.4, 0.5) is 5.95 Å². The van der Waals surface area contributed by atoms with Crippen molar-refractivity contribution in [3.8, 4) is 5.88 Å². The highest BCUT2D eigenvalue weighted by atomic mass is 16.5. The first-order valence-corrected chi connectivity index (χ1v) is 9.97. The first kappa shape index (κ1) is 17.8. The maximum absolute atomic E-state index is 12.8. The summed E-state index contributed by atoms with van der Waals surface area (Å²) >= 11 is 0. The number of carbonyl (C=O) groups excluding carboxylic acids is 1. The Kier molecular flexibility index (Phi) is 4.49. The van der Waals surface area contributed by atoms with Gasteiger partial charge in [-0.2, -0.15) is 4.98 Å². The number of nitrogens with one attached hydrogen (secondary N) is 1. The lowest BCUT2D eigenvalue weighted by Crippen LogP contribution is -2.57. The van der Waals surface area contributed by atoms with Crippen molar-refractivity contribution >= 4 is 17.6 Å². The van der Waals surface area contributed by atoms with E-state index in [0.717, 1.165) is 31.6 Å². The van der Waals surface area contributed by atoms with Crippen molar-refractivity contribution in [2.45, 2.75) is 50.2 Å². The number of hydrogen-bond acceptors (Lipinski definition) is 7. The number of methoxy groups -OCH3 is 1. The van der Waals surface area contributed by atoms with Crippen LogP contribution >= 0.6 is 0 Å². The van der Waals surface area contributed by atoms with Gasteiger partial charge in [0.25, 0.3) is 5.91 Å². The van der Waals surface area contributed by atoms with Crippen LogP contribution in [-0.4, -0.2) is 55.5 Å². The third-order valence-corrected chi connectivity index (χ3v) is 5.84. The van der Waals surface area contributed by atoms with Crippen molar-refractivity contribution < 1.29 is 9.53 Å². The Hall–Kier alpha value is -3.23. The maximum Gasteiger partial charge on any atom is 0.271 e. The van der Waals surface area contributed by atoms with Gasteiger partial charge in [-0.3, -0.25) is 9.20 Å². The number of hydrogen-bond donors (Lipinski definition) is 1. The third kappa shape index (κ3) is 3.37. The largest absolute Gasteiger partial charge is 0.481 e. The number of piperidine rings is 2. The molecule has 9 nitrogen and oxygen atoms in total. The summed E-state index contributed by atoms with van der Waals surface area (Å²) in [6, 6.07) is 4.30. The number of fused-ring (bicyclic) bond motifs is 3. The number of anilines is 1. The molecule has 150 valence electrons. The standard InChI is InChI=1S/C20H23N7O2/c1-29-17-6-8-22-20(25-17)27-14-4-2-5-15(27)11-13(10-14)23-18(28)16-12-26-9-3-7-21-19(26)24-16/h3,6-9,12-15H,2,4-5,10-11H2,1H3,(H,23,28)/t13?,14-,15+. The Labute approximate surface area is 168 Å². The predicted molar refractivity (Wildman–Crippen MR) is 106 cm³/mol. The Morgan fingerprint density at radius 1 is 1.17 bits per heavy atom. The zero-order valence-electron chi connectivity index (χ0n) is 16.2. The van der Waals surface area contributed by atoms with Gasteiger partial charge < -0.3 is 15.0 Å². The molecule has 1 N–H and O–H groups in total. The van der Waals surface area contributed by atoms with E-state index in [1.165, 1.54) is 6.42 Å². The Bertz CT molecular complexity index is 989. The minimum absolute atomic E-state index is 0.109. The summed E-state index contributed by atoms with van der Waals surface area (Å²) in [5.74, 6) is 1.67. The number of carbonyl (C=O) groups is 1. The Morgan fingerprint density at radius 2 is 2.00 bits per heavy atom. The van der Waals surface area contributed by atoms with Gasteiger partial charge in [-0.25, -0.2) is 15.0 Å². The summed E-state index contributed by atoms with van der Waals surface area (Å²) in [5.41, 5.74) is 0.396. The van der Waals surface area contributed by atoms with E-state index in [1.807, 2.05) is 12.3 Å². The number of imidazole rings is 1. The van der Waals surface area contributed by atoms with Crippen molar-refractivity contribution in [2.24, 2.45) is 0 Å². The summed E-state index contributed by atoms with van der Waals surface area (Å²) < 4.78 is 7.02. The fraction of sp³-hybridized carbons (Fsp3) is 0.450. The molecule has 2 fully saturated rings. The number of aromatic nitrogens is 5. The molecule has 0 aromatic carbocycles. The van der Waals surface area contributed by atoms with Gasteiger partial charge in [-0.1, -0.05) is 0 Å². The lowest BCUT2D eigenvalue weighted by Gasteiger charge is -2.48. The molecule has 29 heavy (non-hydrogen) atoms. The first-order valence-electron chi connectivity index (χ1n) is 9.97. The topological polar surface area (TPSA) is 97.5 Å². The van der Waals surface area contributed by atoms with E-state index in [-0.39, 0.29) is 11.9 Å². The molecule has 2 bridgehead atoms.